The molecule has 0 saturated carbocycles. The molecule has 14 heavy (non-hydrogen) atoms. The molecule has 0 fully saturated rings. The van der Waals surface area contributed by atoms with Crippen LogP contribution in [0.15, 0.2) is 36.4 Å². The highest BCUT2D eigenvalue weighted by atomic mass is 16.5. The van der Waals surface area contributed by atoms with E-state index in [4.69, 9.17) is 10.5 Å². The first-order valence-corrected chi connectivity index (χ1v) is 4.86. The van der Waals surface area contributed by atoms with Gasteiger partial charge in [0.25, 0.3) is 0 Å². The van der Waals surface area contributed by atoms with Gasteiger partial charge in [-0.2, -0.15) is 0 Å². The van der Waals surface area contributed by atoms with Gasteiger partial charge in [0.2, 0.25) is 0 Å². The summed E-state index contributed by atoms with van der Waals surface area (Å²) in [6, 6.07) is 10.2. The maximum absolute atomic E-state index is 5.42. The van der Waals surface area contributed by atoms with Crippen LogP contribution < -0.4 is 5.73 Å². The average molecular weight is 191 g/mol. The first kappa shape index (κ1) is 11.0. The van der Waals surface area contributed by atoms with Crippen LogP contribution in [0.5, 0.6) is 0 Å². The molecule has 1 aromatic rings. The Morgan fingerprint density at radius 1 is 1.36 bits per heavy atom. The van der Waals surface area contributed by atoms with Crippen molar-refractivity contribution in [2.75, 3.05) is 13.2 Å². The van der Waals surface area contributed by atoms with Crippen LogP contribution in [0.2, 0.25) is 0 Å². The predicted octanol–water partition coefficient (Wildman–Crippen LogP) is 2.06. The molecule has 1 unspecified atom stereocenters. The number of hydrogen-bond donors (Lipinski definition) is 1. The molecule has 0 radical (unpaired) electrons. The Balaban J connectivity index is 2.28. The second-order valence-corrected chi connectivity index (χ2v) is 3.19. The number of ether oxygens (including phenoxy) is 1. The molecule has 1 rings (SSSR count). The highest BCUT2D eigenvalue weighted by Crippen LogP contribution is 2.00. The van der Waals surface area contributed by atoms with Gasteiger partial charge in [-0.05, 0) is 12.5 Å². The lowest BCUT2D eigenvalue weighted by Gasteiger charge is -2.06. The number of nitrogens with two attached hydrogens (primary N) is 1. The summed E-state index contributed by atoms with van der Waals surface area (Å²) in [7, 11) is 0. The molecule has 0 heterocycles. The Morgan fingerprint density at radius 2 is 2.07 bits per heavy atom. The van der Waals surface area contributed by atoms with Crippen molar-refractivity contribution in [3.63, 3.8) is 0 Å². The van der Waals surface area contributed by atoms with E-state index in [0.29, 0.717) is 13.2 Å². The normalized spacial score (nSPS) is 13.3. The molecular weight excluding hydrogens is 174 g/mol. The van der Waals surface area contributed by atoms with Gasteiger partial charge in [-0.15, -0.1) is 0 Å². The minimum atomic E-state index is 0.135. The first-order chi connectivity index (χ1) is 6.83. The smallest absolute Gasteiger partial charge is 0.0673 e. The summed E-state index contributed by atoms with van der Waals surface area (Å²) in [5, 5.41) is 0. The van der Waals surface area contributed by atoms with E-state index in [0.717, 1.165) is 0 Å². The second kappa shape index (κ2) is 6.35. The number of rotatable bonds is 5. The van der Waals surface area contributed by atoms with Crippen LogP contribution in [0.25, 0.3) is 6.08 Å². The Bertz CT molecular complexity index is 269. The highest BCUT2D eigenvalue weighted by Gasteiger charge is 1.94. The molecule has 1 aromatic carbocycles. The van der Waals surface area contributed by atoms with Crippen molar-refractivity contribution in [1.29, 1.82) is 0 Å². The van der Waals surface area contributed by atoms with E-state index < -0.39 is 0 Å². The van der Waals surface area contributed by atoms with Gasteiger partial charge in [0, 0.05) is 6.54 Å². The number of hydrogen-bond acceptors (Lipinski definition) is 2. The van der Waals surface area contributed by atoms with Crippen LogP contribution >= 0.6 is 0 Å². The van der Waals surface area contributed by atoms with Crippen LogP contribution in [-0.2, 0) is 4.74 Å². The second-order valence-electron chi connectivity index (χ2n) is 3.19. The van der Waals surface area contributed by atoms with E-state index in [1.54, 1.807) is 0 Å². The molecule has 2 heteroatoms. The highest BCUT2D eigenvalue weighted by molar-refractivity contribution is 5.48. The summed E-state index contributed by atoms with van der Waals surface area (Å²) in [4.78, 5) is 0. The molecule has 0 aliphatic rings. The van der Waals surface area contributed by atoms with E-state index in [1.807, 2.05) is 37.3 Å². The van der Waals surface area contributed by atoms with Gasteiger partial charge in [-0.3, -0.25) is 0 Å². The predicted molar refractivity (Wildman–Crippen MR) is 59.9 cm³/mol. The quantitative estimate of drug-likeness (QED) is 0.773. The molecule has 0 spiro atoms. The molecule has 2 nitrogen and oxygen atoms in total. The molecule has 0 aliphatic carbocycles. The lowest BCUT2D eigenvalue weighted by Crippen LogP contribution is -2.19. The third-order valence-corrected chi connectivity index (χ3v) is 1.92. The Morgan fingerprint density at radius 3 is 2.71 bits per heavy atom. The molecule has 0 amide bonds. The molecule has 0 aromatic heterocycles. The van der Waals surface area contributed by atoms with Crippen molar-refractivity contribution in [2.45, 2.75) is 13.0 Å². The Hall–Kier alpha value is -1.12. The van der Waals surface area contributed by atoms with E-state index in [2.05, 4.69) is 12.1 Å². The van der Waals surface area contributed by atoms with Crippen LogP contribution in [0.3, 0.4) is 0 Å². The fourth-order valence-electron chi connectivity index (χ4n) is 1.04. The van der Waals surface area contributed by atoms with E-state index in [-0.39, 0.29) is 6.10 Å². The lowest BCUT2D eigenvalue weighted by molar-refractivity contribution is 0.0950. The third kappa shape index (κ3) is 4.21. The SMILES string of the molecule is CC(CN)OCC=Cc1ccccc1. The van der Waals surface area contributed by atoms with Gasteiger partial charge in [-0.1, -0.05) is 42.5 Å². The van der Waals surface area contributed by atoms with E-state index in [9.17, 15) is 0 Å². The van der Waals surface area contributed by atoms with Gasteiger partial charge < -0.3 is 10.5 Å². The molecule has 2 N–H and O–H groups in total. The molecule has 0 aliphatic heterocycles. The fourth-order valence-corrected chi connectivity index (χ4v) is 1.04. The van der Waals surface area contributed by atoms with E-state index in [1.165, 1.54) is 5.56 Å². The zero-order valence-electron chi connectivity index (χ0n) is 8.52. The maximum Gasteiger partial charge on any atom is 0.0673 e. The summed E-state index contributed by atoms with van der Waals surface area (Å²) >= 11 is 0. The van der Waals surface area contributed by atoms with Crippen molar-refractivity contribution in [3.05, 3.63) is 42.0 Å². The van der Waals surface area contributed by atoms with Gasteiger partial charge in [0.1, 0.15) is 0 Å². The Kier molecular flexibility index (Phi) is 4.97. The summed E-state index contributed by atoms with van der Waals surface area (Å²) in [6.45, 7) is 3.16. The average Bonchev–Trinajstić information content (AvgIpc) is 2.25. The monoisotopic (exact) mass is 191 g/mol. The molecule has 76 valence electrons. The van der Waals surface area contributed by atoms with Gasteiger partial charge >= 0.3 is 0 Å². The largest absolute Gasteiger partial charge is 0.373 e. The molecule has 0 saturated heterocycles. The summed E-state index contributed by atoms with van der Waals surface area (Å²) < 4.78 is 5.40. The van der Waals surface area contributed by atoms with Crippen LogP contribution in [-0.4, -0.2) is 19.3 Å². The van der Waals surface area contributed by atoms with Crippen molar-refractivity contribution < 1.29 is 4.74 Å². The standard InChI is InChI=1S/C12H17NO/c1-11(10-13)14-9-5-8-12-6-3-2-4-7-12/h2-8,11H,9-10,13H2,1H3. The summed E-state index contributed by atoms with van der Waals surface area (Å²) in [5.74, 6) is 0. The third-order valence-electron chi connectivity index (χ3n) is 1.92. The van der Waals surface area contributed by atoms with Crippen LogP contribution in [0.1, 0.15) is 12.5 Å². The molecule has 0 bridgehead atoms. The van der Waals surface area contributed by atoms with E-state index >= 15 is 0 Å². The first-order valence-electron chi connectivity index (χ1n) is 4.86. The number of benzene rings is 1. The molecule has 1 atom stereocenters. The lowest BCUT2D eigenvalue weighted by atomic mass is 10.2. The zero-order valence-corrected chi connectivity index (χ0v) is 8.52. The van der Waals surface area contributed by atoms with Gasteiger partial charge in [0.15, 0.2) is 0 Å². The Labute approximate surface area is 85.4 Å². The topological polar surface area (TPSA) is 35.2 Å². The van der Waals surface area contributed by atoms with Crippen LogP contribution in [0, 0.1) is 0 Å². The van der Waals surface area contributed by atoms with Crippen molar-refractivity contribution in [3.8, 4) is 0 Å². The minimum absolute atomic E-state index is 0.135. The van der Waals surface area contributed by atoms with Crippen LogP contribution in [0.4, 0.5) is 0 Å². The van der Waals surface area contributed by atoms with Crippen molar-refractivity contribution in [1.82, 2.24) is 0 Å². The minimum Gasteiger partial charge on any atom is -0.373 e. The fraction of sp³-hybridized carbons (Fsp3) is 0.333. The maximum atomic E-state index is 5.42. The zero-order chi connectivity index (χ0) is 10.2. The summed E-state index contributed by atoms with van der Waals surface area (Å²) in [5.41, 5.74) is 6.61. The summed E-state index contributed by atoms with van der Waals surface area (Å²) in [6.07, 6.45) is 4.18. The molecular formula is C12H17NO. The van der Waals surface area contributed by atoms with Crippen molar-refractivity contribution in [2.24, 2.45) is 5.73 Å². The van der Waals surface area contributed by atoms with Gasteiger partial charge in [0.05, 0.1) is 12.7 Å². The van der Waals surface area contributed by atoms with Crippen molar-refractivity contribution >= 4 is 6.08 Å². The van der Waals surface area contributed by atoms with Gasteiger partial charge in [-0.25, -0.2) is 0 Å².